The number of esters is 1. The van der Waals surface area contributed by atoms with Crippen molar-refractivity contribution in [2.45, 2.75) is 143 Å². The van der Waals surface area contributed by atoms with Crippen molar-refractivity contribution in [2.75, 3.05) is 6.61 Å². The van der Waals surface area contributed by atoms with Crippen LogP contribution in [0.4, 0.5) is 0 Å². The van der Waals surface area contributed by atoms with E-state index in [1.807, 2.05) is 0 Å². The van der Waals surface area contributed by atoms with E-state index in [-0.39, 0.29) is 17.8 Å². The average molecular weight is 493 g/mol. The predicted molar refractivity (Wildman–Crippen MR) is 146 cm³/mol. The molecule has 204 valence electrons. The lowest BCUT2D eigenvalue weighted by Crippen LogP contribution is -2.28. The molecule has 0 heterocycles. The van der Waals surface area contributed by atoms with Gasteiger partial charge in [0.1, 0.15) is 0 Å². The Balaban J connectivity index is 2.15. The minimum absolute atomic E-state index is 0.0458. The molecule has 3 unspecified atom stereocenters. The summed E-state index contributed by atoms with van der Waals surface area (Å²) in [4.78, 5) is 23.9. The van der Waals surface area contributed by atoms with Crippen LogP contribution in [0.25, 0.3) is 0 Å². The van der Waals surface area contributed by atoms with Crippen molar-refractivity contribution in [2.24, 2.45) is 23.7 Å². The first-order chi connectivity index (χ1) is 17.0. The predicted octanol–water partition coefficient (Wildman–Crippen LogP) is 9.12. The molecule has 0 fully saturated rings. The lowest BCUT2D eigenvalue weighted by molar-refractivity contribution is -0.145. The average Bonchev–Trinajstić information content (AvgIpc) is 2.85. The maximum atomic E-state index is 12.0. The number of carbonyl (C=O) groups is 2. The SMILES string of the molecule is CCCCCCCC1C=CC(CCCCCCCC(=O)OC[C@H](CC)CCCCC)C(C(=O)O)C1. The van der Waals surface area contributed by atoms with Gasteiger partial charge in [-0.05, 0) is 49.9 Å². The third-order valence-electron chi connectivity index (χ3n) is 7.89. The second-order valence-corrected chi connectivity index (χ2v) is 11.0. The van der Waals surface area contributed by atoms with Crippen LogP contribution in [0.3, 0.4) is 0 Å². The van der Waals surface area contributed by atoms with Gasteiger partial charge >= 0.3 is 11.9 Å². The molecule has 1 rings (SSSR count). The van der Waals surface area contributed by atoms with E-state index in [4.69, 9.17) is 4.74 Å². The maximum absolute atomic E-state index is 12.0. The third kappa shape index (κ3) is 15.4. The summed E-state index contributed by atoms with van der Waals surface area (Å²) in [7, 11) is 0. The van der Waals surface area contributed by atoms with Gasteiger partial charge < -0.3 is 9.84 Å². The molecule has 0 amide bonds. The van der Waals surface area contributed by atoms with Crippen LogP contribution in [0.2, 0.25) is 0 Å². The van der Waals surface area contributed by atoms with Gasteiger partial charge in [-0.1, -0.05) is 116 Å². The van der Waals surface area contributed by atoms with Crippen LogP contribution in [-0.2, 0) is 14.3 Å². The monoisotopic (exact) mass is 492 g/mol. The van der Waals surface area contributed by atoms with Crippen LogP contribution in [0, 0.1) is 23.7 Å². The highest BCUT2D eigenvalue weighted by atomic mass is 16.5. The van der Waals surface area contributed by atoms with Crippen molar-refractivity contribution in [3.05, 3.63) is 12.2 Å². The Hall–Kier alpha value is -1.32. The van der Waals surface area contributed by atoms with Gasteiger partial charge in [0.15, 0.2) is 0 Å². The molecule has 4 nitrogen and oxygen atoms in total. The van der Waals surface area contributed by atoms with E-state index in [0.29, 0.717) is 24.9 Å². The number of allylic oxidation sites excluding steroid dienone is 2. The summed E-state index contributed by atoms with van der Waals surface area (Å²) >= 11 is 0. The van der Waals surface area contributed by atoms with E-state index in [1.54, 1.807) is 0 Å². The topological polar surface area (TPSA) is 63.6 Å². The molecule has 4 heteroatoms. The molecule has 1 aliphatic carbocycles. The first kappa shape index (κ1) is 31.7. The molecule has 0 bridgehead atoms. The van der Waals surface area contributed by atoms with Crippen molar-refractivity contribution in [1.82, 2.24) is 0 Å². The Kier molecular flexibility index (Phi) is 18.9. The number of hydrogen-bond donors (Lipinski definition) is 1. The Morgan fingerprint density at radius 1 is 0.829 bits per heavy atom. The number of carboxylic acid groups (broad SMARTS) is 1. The van der Waals surface area contributed by atoms with E-state index in [9.17, 15) is 14.7 Å². The zero-order valence-corrected chi connectivity index (χ0v) is 23.3. The fourth-order valence-electron chi connectivity index (χ4n) is 5.37. The summed E-state index contributed by atoms with van der Waals surface area (Å²) in [6.45, 7) is 7.21. The lowest BCUT2D eigenvalue weighted by atomic mass is 9.75. The fourth-order valence-corrected chi connectivity index (χ4v) is 5.37. The molecule has 1 N–H and O–H groups in total. The highest BCUT2D eigenvalue weighted by molar-refractivity contribution is 5.71. The van der Waals surface area contributed by atoms with Crippen LogP contribution in [-0.4, -0.2) is 23.7 Å². The van der Waals surface area contributed by atoms with Gasteiger partial charge in [0.05, 0.1) is 12.5 Å². The molecule has 0 aromatic carbocycles. The number of carboxylic acids is 1. The van der Waals surface area contributed by atoms with Crippen molar-refractivity contribution in [3.8, 4) is 0 Å². The van der Waals surface area contributed by atoms with Gasteiger partial charge in [-0.25, -0.2) is 0 Å². The summed E-state index contributed by atoms with van der Waals surface area (Å²) in [6.07, 6.45) is 25.5. The molecular weight excluding hydrogens is 436 g/mol. The summed E-state index contributed by atoms with van der Waals surface area (Å²) < 4.78 is 5.52. The Bertz CT molecular complexity index is 570. The molecule has 0 saturated carbocycles. The van der Waals surface area contributed by atoms with Gasteiger partial charge in [0, 0.05) is 6.42 Å². The number of hydrogen-bond acceptors (Lipinski definition) is 3. The number of carbonyl (C=O) groups excluding carboxylic acids is 1. The molecule has 0 radical (unpaired) electrons. The standard InChI is InChI=1S/C31H56O4/c1-4-7-9-11-15-19-27-22-23-28(29(24-27)31(33)34)20-16-12-10-13-17-21-30(32)35-25-26(6-3)18-14-8-5-2/h22-23,26-29H,4-21,24-25H2,1-3H3,(H,33,34)/t26-,27?,28?,29?/m1/s1. The quantitative estimate of drug-likeness (QED) is 0.0929. The number of aliphatic carboxylic acids is 1. The Morgan fingerprint density at radius 2 is 1.46 bits per heavy atom. The van der Waals surface area contributed by atoms with Gasteiger partial charge in [-0.2, -0.15) is 0 Å². The van der Waals surface area contributed by atoms with Crippen molar-refractivity contribution >= 4 is 11.9 Å². The summed E-state index contributed by atoms with van der Waals surface area (Å²) in [5.74, 6) is 0.250. The van der Waals surface area contributed by atoms with Gasteiger partial charge in [0.2, 0.25) is 0 Å². The van der Waals surface area contributed by atoms with E-state index in [2.05, 4.69) is 32.9 Å². The Labute approximate surface area is 216 Å². The van der Waals surface area contributed by atoms with Crippen LogP contribution in [0.1, 0.15) is 143 Å². The summed E-state index contributed by atoms with van der Waals surface area (Å²) in [5, 5.41) is 9.76. The second-order valence-electron chi connectivity index (χ2n) is 11.0. The second kappa shape index (κ2) is 20.8. The molecule has 0 aliphatic heterocycles. The summed E-state index contributed by atoms with van der Waals surface area (Å²) in [5.41, 5.74) is 0. The van der Waals surface area contributed by atoms with Crippen molar-refractivity contribution in [3.63, 3.8) is 0 Å². The lowest BCUT2D eigenvalue weighted by Gasteiger charge is -2.29. The Morgan fingerprint density at radius 3 is 2.14 bits per heavy atom. The minimum atomic E-state index is -0.621. The third-order valence-corrected chi connectivity index (χ3v) is 7.89. The first-order valence-corrected chi connectivity index (χ1v) is 15.1. The van der Waals surface area contributed by atoms with Crippen molar-refractivity contribution < 1.29 is 19.4 Å². The summed E-state index contributed by atoms with van der Waals surface area (Å²) in [6, 6.07) is 0. The molecule has 0 saturated heterocycles. The highest BCUT2D eigenvalue weighted by Gasteiger charge is 2.31. The van der Waals surface area contributed by atoms with Gasteiger partial charge in [-0.15, -0.1) is 0 Å². The number of rotatable bonds is 22. The normalized spacial score (nSPS) is 20.6. The van der Waals surface area contributed by atoms with E-state index < -0.39 is 5.97 Å². The molecule has 0 aromatic rings. The molecule has 1 aliphatic rings. The molecule has 4 atom stereocenters. The molecule has 35 heavy (non-hydrogen) atoms. The molecular formula is C31H56O4. The number of ether oxygens (including phenoxy) is 1. The van der Waals surface area contributed by atoms with E-state index >= 15 is 0 Å². The smallest absolute Gasteiger partial charge is 0.307 e. The van der Waals surface area contributed by atoms with E-state index in [1.165, 1.54) is 51.4 Å². The number of unbranched alkanes of at least 4 members (excludes halogenated alkanes) is 10. The minimum Gasteiger partial charge on any atom is -0.481 e. The largest absolute Gasteiger partial charge is 0.481 e. The van der Waals surface area contributed by atoms with Gasteiger partial charge in [0.25, 0.3) is 0 Å². The first-order valence-electron chi connectivity index (χ1n) is 15.1. The fraction of sp³-hybridized carbons (Fsp3) is 0.871. The van der Waals surface area contributed by atoms with Crippen LogP contribution in [0.15, 0.2) is 12.2 Å². The van der Waals surface area contributed by atoms with Crippen molar-refractivity contribution in [1.29, 1.82) is 0 Å². The molecule has 0 aromatic heterocycles. The highest BCUT2D eigenvalue weighted by Crippen LogP contribution is 2.34. The van der Waals surface area contributed by atoms with Crippen LogP contribution < -0.4 is 0 Å². The maximum Gasteiger partial charge on any atom is 0.307 e. The van der Waals surface area contributed by atoms with E-state index in [0.717, 1.165) is 64.2 Å². The zero-order valence-electron chi connectivity index (χ0n) is 23.3. The van der Waals surface area contributed by atoms with Crippen LogP contribution in [0.5, 0.6) is 0 Å². The van der Waals surface area contributed by atoms with Gasteiger partial charge in [-0.3, -0.25) is 9.59 Å². The molecule has 0 spiro atoms. The zero-order chi connectivity index (χ0) is 25.7. The van der Waals surface area contributed by atoms with Crippen LogP contribution >= 0.6 is 0 Å².